The van der Waals surface area contributed by atoms with E-state index < -0.39 is 0 Å². The highest BCUT2D eigenvalue weighted by Gasteiger charge is 2.04. The molecule has 0 aliphatic rings. The summed E-state index contributed by atoms with van der Waals surface area (Å²) < 4.78 is 0. The maximum atomic E-state index is 5.78. The smallest absolute Gasteiger partial charge is 0.0874 e. The fraction of sp³-hybridized carbons (Fsp3) is 0.588. The van der Waals surface area contributed by atoms with Gasteiger partial charge in [0.2, 0.25) is 0 Å². The van der Waals surface area contributed by atoms with Gasteiger partial charge in [0, 0.05) is 18.7 Å². The highest BCUT2D eigenvalue weighted by molar-refractivity contribution is 5.68. The summed E-state index contributed by atoms with van der Waals surface area (Å²) >= 11 is 0. The van der Waals surface area contributed by atoms with Gasteiger partial charge >= 0.3 is 0 Å². The van der Waals surface area contributed by atoms with E-state index in [2.05, 4.69) is 67.4 Å². The third-order valence-electron chi connectivity index (χ3n) is 7.20. The van der Waals surface area contributed by atoms with Crippen LogP contribution in [0.15, 0.2) is 52.8 Å². The topological polar surface area (TPSA) is 28.0 Å². The molecular formula is C34H51N3. The normalized spacial score (nSPS) is 11.2. The molecule has 0 spiro atoms. The van der Waals surface area contributed by atoms with Crippen molar-refractivity contribution in [1.82, 2.24) is 5.01 Å². The Morgan fingerprint density at radius 3 is 1.70 bits per heavy atom. The predicted molar refractivity (Wildman–Crippen MR) is 161 cm³/mol. The van der Waals surface area contributed by atoms with Crippen LogP contribution in [0, 0.1) is 12.3 Å². The summed E-state index contributed by atoms with van der Waals surface area (Å²) in [6.45, 7) is 8.18. The van der Waals surface area contributed by atoms with E-state index in [-0.39, 0.29) is 0 Å². The molecule has 3 nitrogen and oxygen atoms in total. The van der Waals surface area contributed by atoms with Crippen molar-refractivity contribution >= 4 is 5.69 Å². The second-order valence-electron chi connectivity index (χ2n) is 10.3. The van der Waals surface area contributed by atoms with Gasteiger partial charge in [-0.3, -0.25) is 5.01 Å². The van der Waals surface area contributed by atoms with E-state index in [9.17, 15) is 0 Å². The Labute approximate surface area is 228 Å². The number of nitrogens with zero attached hydrogens (tertiary/aromatic N) is 3. The van der Waals surface area contributed by atoms with Gasteiger partial charge < -0.3 is 0 Å². The predicted octanol–water partition coefficient (Wildman–Crippen LogP) is 10.7. The number of benzene rings is 2. The summed E-state index contributed by atoms with van der Waals surface area (Å²) in [7, 11) is 0. The first kappa shape index (κ1) is 30.6. The molecule has 0 aliphatic carbocycles. The van der Waals surface area contributed by atoms with Gasteiger partial charge in [0.15, 0.2) is 0 Å². The Hall–Kier alpha value is -2.60. The monoisotopic (exact) mass is 501 g/mol. The molecule has 0 bridgehead atoms. The van der Waals surface area contributed by atoms with Crippen LogP contribution >= 0.6 is 0 Å². The van der Waals surface area contributed by atoms with Crippen LogP contribution in [-0.4, -0.2) is 18.1 Å². The minimum absolute atomic E-state index is 0.860. The molecule has 2 rings (SSSR count). The number of hydrogen-bond donors (Lipinski definition) is 0. The highest BCUT2D eigenvalue weighted by atomic mass is 15.5. The first-order chi connectivity index (χ1) is 18.2. The van der Waals surface area contributed by atoms with Crippen molar-refractivity contribution in [1.29, 1.82) is 0 Å². The molecule has 0 amide bonds. The number of terminal acetylenes is 1. The Morgan fingerprint density at radius 2 is 1.19 bits per heavy atom. The molecule has 2 aromatic rings. The summed E-state index contributed by atoms with van der Waals surface area (Å²) in [5, 5.41) is 10.6. The minimum atomic E-state index is 0.860. The van der Waals surface area contributed by atoms with Gasteiger partial charge in [-0.1, -0.05) is 120 Å². The molecule has 3 heteroatoms. The average Bonchev–Trinajstić information content (AvgIpc) is 2.94. The lowest BCUT2D eigenvalue weighted by atomic mass is 9.96. The van der Waals surface area contributed by atoms with Crippen molar-refractivity contribution in [2.45, 2.75) is 117 Å². The Balaban J connectivity index is 1.71. The van der Waals surface area contributed by atoms with Crippen LogP contribution in [0.2, 0.25) is 0 Å². The van der Waals surface area contributed by atoms with Crippen LogP contribution in [-0.2, 0) is 6.42 Å². The van der Waals surface area contributed by atoms with Crippen LogP contribution < -0.4 is 0 Å². The molecule has 0 fully saturated rings. The van der Waals surface area contributed by atoms with Crippen molar-refractivity contribution in [3.8, 4) is 23.5 Å². The van der Waals surface area contributed by atoms with Crippen molar-refractivity contribution in [3.63, 3.8) is 0 Å². The SMILES string of the molecule is C#Cc1cc(CCCCCCCCCCCCCCCC)cc(-c2ccc(N=NN(CC)CC)cc2)c1. The van der Waals surface area contributed by atoms with E-state index in [4.69, 9.17) is 6.42 Å². The number of unbranched alkanes of at least 4 members (excludes halogenated alkanes) is 13. The summed E-state index contributed by atoms with van der Waals surface area (Å²) in [5.41, 5.74) is 5.52. The van der Waals surface area contributed by atoms with Crippen molar-refractivity contribution in [3.05, 3.63) is 53.6 Å². The zero-order chi connectivity index (χ0) is 26.6. The molecule has 0 saturated heterocycles. The van der Waals surface area contributed by atoms with E-state index >= 15 is 0 Å². The van der Waals surface area contributed by atoms with Gasteiger partial charge in [-0.25, -0.2) is 0 Å². The van der Waals surface area contributed by atoms with Crippen LogP contribution in [0.3, 0.4) is 0 Å². The summed E-state index contributed by atoms with van der Waals surface area (Å²) in [4.78, 5) is 0. The summed E-state index contributed by atoms with van der Waals surface area (Å²) in [6.07, 6.45) is 26.3. The third-order valence-corrected chi connectivity index (χ3v) is 7.20. The zero-order valence-electron chi connectivity index (χ0n) is 24.0. The summed E-state index contributed by atoms with van der Waals surface area (Å²) in [6, 6.07) is 14.9. The van der Waals surface area contributed by atoms with Crippen LogP contribution in [0.1, 0.15) is 122 Å². The van der Waals surface area contributed by atoms with Crippen molar-refractivity contribution in [2.75, 3.05) is 13.1 Å². The second kappa shape index (κ2) is 19.5. The molecule has 2 aromatic carbocycles. The quantitative estimate of drug-likeness (QED) is 0.0767. The molecular weight excluding hydrogens is 450 g/mol. The van der Waals surface area contributed by atoms with Gasteiger partial charge in [0.25, 0.3) is 0 Å². The fourth-order valence-corrected chi connectivity index (χ4v) is 4.80. The molecule has 0 heterocycles. The van der Waals surface area contributed by atoms with Crippen LogP contribution in [0.5, 0.6) is 0 Å². The van der Waals surface area contributed by atoms with Gasteiger partial charge in [-0.05, 0) is 67.6 Å². The lowest BCUT2D eigenvalue weighted by molar-refractivity contribution is 0.301. The molecule has 0 N–H and O–H groups in total. The van der Waals surface area contributed by atoms with Gasteiger partial charge in [-0.15, -0.1) is 11.5 Å². The maximum Gasteiger partial charge on any atom is 0.0874 e. The fourth-order valence-electron chi connectivity index (χ4n) is 4.80. The van der Waals surface area contributed by atoms with E-state index in [1.165, 1.54) is 107 Å². The molecule has 0 atom stereocenters. The molecule has 0 aromatic heterocycles. The van der Waals surface area contributed by atoms with E-state index in [0.717, 1.165) is 30.8 Å². The summed E-state index contributed by atoms with van der Waals surface area (Å²) in [5.74, 6) is 2.85. The Kier molecular flexibility index (Phi) is 16.1. The third kappa shape index (κ3) is 13.0. The van der Waals surface area contributed by atoms with Crippen LogP contribution in [0.25, 0.3) is 11.1 Å². The molecule has 202 valence electrons. The van der Waals surface area contributed by atoms with Crippen molar-refractivity contribution < 1.29 is 0 Å². The molecule has 0 aliphatic heterocycles. The number of hydrogen-bond acceptors (Lipinski definition) is 2. The van der Waals surface area contributed by atoms with Gasteiger partial charge in [-0.2, -0.15) is 0 Å². The van der Waals surface area contributed by atoms with E-state index in [1.807, 2.05) is 17.1 Å². The maximum absolute atomic E-state index is 5.78. The van der Waals surface area contributed by atoms with Gasteiger partial charge in [0.1, 0.15) is 0 Å². The highest BCUT2D eigenvalue weighted by Crippen LogP contribution is 2.26. The second-order valence-corrected chi connectivity index (χ2v) is 10.3. The first-order valence-electron chi connectivity index (χ1n) is 15.1. The lowest BCUT2D eigenvalue weighted by Crippen LogP contribution is -2.14. The first-order valence-corrected chi connectivity index (χ1v) is 15.1. The molecule has 0 unspecified atom stereocenters. The number of aryl methyl sites for hydroxylation is 1. The van der Waals surface area contributed by atoms with E-state index in [0.29, 0.717) is 0 Å². The Bertz CT molecular complexity index is 919. The minimum Gasteiger partial charge on any atom is -0.279 e. The zero-order valence-corrected chi connectivity index (χ0v) is 24.0. The Morgan fingerprint density at radius 1 is 0.649 bits per heavy atom. The molecule has 0 radical (unpaired) electrons. The largest absolute Gasteiger partial charge is 0.279 e. The van der Waals surface area contributed by atoms with Gasteiger partial charge in [0.05, 0.1) is 5.69 Å². The lowest BCUT2D eigenvalue weighted by Gasteiger charge is -2.11. The van der Waals surface area contributed by atoms with E-state index in [1.54, 1.807) is 0 Å². The van der Waals surface area contributed by atoms with Crippen molar-refractivity contribution in [2.24, 2.45) is 10.3 Å². The number of rotatable bonds is 20. The van der Waals surface area contributed by atoms with Crippen LogP contribution in [0.4, 0.5) is 5.69 Å². The molecule has 37 heavy (non-hydrogen) atoms. The average molecular weight is 502 g/mol. The molecule has 0 saturated carbocycles. The standard InChI is InChI=1S/C34H51N3/c1-5-9-10-11-12-13-14-15-16-17-18-19-20-21-22-31-27-30(6-2)28-33(29-31)32-23-25-34(26-24-32)35-36-37(7-3)8-4/h2,23-29H,5,7-22H2,1,3-4H3.